The Morgan fingerprint density at radius 2 is 1.52 bits per heavy atom. The summed E-state index contributed by atoms with van der Waals surface area (Å²) in [5.41, 5.74) is 5.23. The minimum Gasteiger partial charge on any atom is -0.468 e. The van der Waals surface area contributed by atoms with Crippen LogP contribution in [-0.2, 0) is 19.7 Å². The van der Waals surface area contributed by atoms with Gasteiger partial charge in [-0.2, -0.15) is 0 Å². The summed E-state index contributed by atoms with van der Waals surface area (Å²) in [5, 5.41) is 3.86. The Kier molecular flexibility index (Phi) is 6.82. The molecule has 0 radical (unpaired) electrons. The minimum absolute atomic E-state index is 0.162. The number of rotatable bonds is 7. The van der Waals surface area contributed by atoms with Gasteiger partial charge in [0.1, 0.15) is 10.9 Å². The molecule has 0 bridgehead atoms. The van der Waals surface area contributed by atoms with Crippen LogP contribution in [-0.4, -0.2) is 24.2 Å². The van der Waals surface area contributed by atoms with Gasteiger partial charge in [-0.3, -0.25) is 10.1 Å². The molecule has 7 heteroatoms. The highest BCUT2D eigenvalue weighted by atomic mass is 32.1. The number of fused-ring (bicyclic) bond motifs is 1. The molecule has 1 aliphatic carbocycles. The Hall–Kier alpha value is -4.49. The monoisotopic (exact) mass is 548 g/mol. The lowest BCUT2D eigenvalue weighted by atomic mass is 9.93. The molecule has 1 saturated carbocycles. The maximum atomic E-state index is 12.9. The van der Waals surface area contributed by atoms with Crippen LogP contribution in [0.5, 0.6) is 0 Å². The van der Waals surface area contributed by atoms with Crippen LogP contribution >= 0.6 is 11.3 Å². The predicted molar refractivity (Wildman–Crippen MR) is 158 cm³/mol. The van der Waals surface area contributed by atoms with Gasteiger partial charge in [0.25, 0.3) is 0 Å². The van der Waals surface area contributed by atoms with Crippen molar-refractivity contribution in [3.05, 3.63) is 108 Å². The molecule has 5 aromatic rings. The van der Waals surface area contributed by atoms with Gasteiger partial charge in [-0.15, -0.1) is 11.3 Å². The van der Waals surface area contributed by atoms with Gasteiger partial charge in [-0.25, -0.2) is 9.78 Å². The fourth-order valence-electron chi connectivity index (χ4n) is 5.07. The number of hydrogen-bond acceptors (Lipinski definition) is 6. The van der Waals surface area contributed by atoms with Crippen molar-refractivity contribution in [1.82, 2.24) is 4.98 Å². The molecular weight excluding hydrogens is 520 g/mol. The van der Waals surface area contributed by atoms with E-state index in [-0.39, 0.29) is 12.1 Å². The third-order valence-electron chi connectivity index (χ3n) is 7.49. The zero-order valence-corrected chi connectivity index (χ0v) is 23.0. The molecule has 2 heterocycles. The van der Waals surface area contributed by atoms with Crippen molar-refractivity contribution >= 4 is 39.3 Å². The van der Waals surface area contributed by atoms with Crippen molar-refractivity contribution in [2.75, 3.05) is 12.4 Å². The predicted octanol–water partition coefficient (Wildman–Crippen LogP) is 8.14. The molecule has 0 aliphatic heterocycles. The number of hydrogen-bond donors (Lipinski definition) is 1. The fraction of sp³-hybridized carbons (Fsp3) is 0.182. The summed E-state index contributed by atoms with van der Waals surface area (Å²) < 4.78 is 10.7. The summed E-state index contributed by atoms with van der Waals surface area (Å²) in [7, 11) is 1.44. The van der Waals surface area contributed by atoms with Crippen LogP contribution in [0, 0.1) is 0 Å². The molecule has 3 aromatic carbocycles. The summed E-state index contributed by atoms with van der Waals surface area (Å²) in [6, 6.07) is 29.8. The Morgan fingerprint density at radius 3 is 2.17 bits per heavy atom. The lowest BCUT2D eigenvalue weighted by Gasteiger charge is -2.15. The van der Waals surface area contributed by atoms with E-state index in [9.17, 15) is 9.59 Å². The number of aromatic nitrogens is 1. The van der Waals surface area contributed by atoms with Gasteiger partial charge >= 0.3 is 12.1 Å². The van der Waals surface area contributed by atoms with Gasteiger partial charge in [-0.1, -0.05) is 78.9 Å². The number of nitrogens with one attached hydrogen (secondary N) is 1. The quantitative estimate of drug-likeness (QED) is 0.208. The second kappa shape index (κ2) is 10.6. The maximum absolute atomic E-state index is 12.9. The van der Waals surface area contributed by atoms with Crippen LogP contribution < -0.4 is 5.32 Å². The van der Waals surface area contributed by atoms with Crippen molar-refractivity contribution in [1.29, 1.82) is 0 Å². The van der Waals surface area contributed by atoms with E-state index in [2.05, 4.69) is 22.4 Å². The first kappa shape index (κ1) is 25.8. The van der Waals surface area contributed by atoms with E-state index >= 15 is 0 Å². The molecule has 6 nitrogen and oxygen atoms in total. The third-order valence-corrected chi connectivity index (χ3v) is 8.65. The van der Waals surface area contributed by atoms with Gasteiger partial charge in [0, 0.05) is 11.6 Å². The minimum atomic E-state index is -0.516. The number of benzene rings is 3. The Bertz CT molecular complexity index is 1670. The molecule has 40 heavy (non-hydrogen) atoms. The Morgan fingerprint density at radius 1 is 0.875 bits per heavy atom. The first-order chi connectivity index (χ1) is 19.5. The van der Waals surface area contributed by atoms with Crippen LogP contribution in [0.15, 0.2) is 97.2 Å². The number of ether oxygens (including phenoxy) is 2. The molecule has 200 valence electrons. The zero-order chi connectivity index (χ0) is 27.7. The highest BCUT2D eigenvalue weighted by molar-refractivity contribution is 7.22. The summed E-state index contributed by atoms with van der Waals surface area (Å²) in [6.07, 6.45) is 2.50. The van der Waals surface area contributed by atoms with E-state index in [4.69, 9.17) is 9.47 Å². The number of methoxy groups -OCH3 is 1. The number of anilines is 1. The highest BCUT2D eigenvalue weighted by Gasteiger charge is 2.52. The average Bonchev–Trinajstić information content (AvgIpc) is 3.74. The molecular formula is C33H28N2O4S. The molecule has 1 N–H and O–H groups in total. The molecule has 6 rings (SSSR count). The largest absolute Gasteiger partial charge is 0.468 e. The van der Waals surface area contributed by atoms with Gasteiger partial charge in [0.05, 0.1) is 23.1 Å². The van der Waals surface area contributed by atoms with Crippen molar-refractivity contribution < 1.29 is 19.1 Å². The first-order valence-corrected chi connectivity index (χ1v) is 14.0. The van der Waals surface area contributed by atoms with E-state index < -0.39 is 11.5 Å². The SMILES string of the molecule is COC(=O)C1(c2ccc(-c3ccc(-c4sc5ncccc5c4NC(=O)O[C@H](C)c4ccccc4)cc3)cc2)CC1. The molecule has 2 aromatic heterocycles. The zero-order valence-electron chi connectivity index (χ0n) is 22.2. The first-order valence-electron chi connectivity index (χ1n) is 13.2. The lowest BCUT2D eigenvalue weighted by Crippen LogP contribution is -2.21. The van der Waals surface area contributed by atoms with E-state index in [0.717, 1.165) is 55.8 Å². The number of esters is 1. The van der Waals surface area contributed by atoms with Crippen LogP contribution in [0.2, 0.25) is 0 Å². The lowest BCUT2D eigenvalue weighted by molar-refractivity contribution is -0.143. The smallest absolute Gasteiger partial charge is 0.412 e. The van der Waals surface area contributed by atoms with Crippen LogP contribution in [0.3, 0.4) is 0 Å². The number of pyridine rings is 1. The molecule has 1 aliphatic rings. The van der Waals surface area contributed by atoms with Crippen LogP contribution in [0.25, 0.3) is 31.8 Å². The van der Waals surface area contributed by atoms with E-state index in [0.29, 0.717) is 5.69 Å². The van der Waals surface area contributed by atoms with Gasteiger partial charge in [0.15, 0.2) is 0 Å². The van der Waals surface area contributed by atoms with Crippen molar-refractivity contribution in [2.45, 2.75) is 31.3 Å². The number of carbonyl (C=O) groups is 2. The summed E-state index contributed by atoms with van der Waals surface area (Å²) in [5.74, 6) is -0.162. The van der Waals surface area contributed by atoms with Crippen LogP contribution in [0.4, 0.5) is 10.5 Å². The van der Waals surface area contributed by atoms with Gasteiger partial charge in [-0.05, 0) is 59.7 Å². The Balaban J connectivity index is 1.25. The number of amides is 1. The van der Waals surface area contributed by atoms with E-state index in [1.807, 2.05) is 85.8 Å². The number of nitrogens with zero attached hydrogens (tertiary/aromatic N) is 1. The number of carbonyl (C=O) groups excluding carboxylic acids is 2. The molecule has 0 saturated heterocycles. The normalized spacial score (nSPS) is 14.3. The molecule has 0 spiro atoms. The van der Waals surface area contributed by atoms with E-state index in [1.54, 1.807) is 6.20 Å². The highest BCUT2D eigenvalue weighted by Crippen LogP contribution is 2.49. The second-order valence-corrected chi connectivity index (χ2v) is 11.0. The summed E-state index contributed by atoms with van der Waals surface area (Å²) in [6.45, 7) is 1.86. The average molecular weight is 549 g/mol. The van der Waals surface area contributed by atoms with Crippen molar-refractivity contribution in [3.63, 3.8) is 0 Å². The fourth-order valence-corrected chi connectivity index (χ4v) is 6.17. The number of thiophene rings is 1. The third kappa shape index (κ3) is 4.84. The van der Waals surface area contributed by atoms with Crippen molar-refractivity contribution in [3.8, 4) is 21.6 Å². The summed E-state index contributed by atoms with van der Waals surface area (Å²) >= 11 is 1.53. The van der Waals surface area contributed by atoms with Gasteiger partial charge in [0.2, 0.25) is 0 Å². The Labute approximate surface area is 236 Å². The van der Waals surface area contributed by atoms with Crippen LogP contribution in [0.1, 0.15) is 37.0 Å². The topological polar surface area (TPSA) is 77.5 Å². The molecule has 1 atom stereocenters. The molecule has 1 fully saturated rings. The second-order valence-electron chi connectivity index (χ2n) is 9.97. The molecule has 0 unspecified atom stereocenters. The molecule has 1 amide bonds. The standard InChI is InChI=1S/C33H28N2O4S/c1-21(22-7-4-3-5-8-22)39-32(37)35-28-27-9-6-20-34-30(27)40-29(28)25-12-10-23(11-13-25)24-14-16-26(17-15-24)33(18-19-33)31(36)38-2/h3-17,20-21H,18-19H2,1-2H3,(H,35,37)/t21-/m1/s1. The van der Waals surface area contributed by atoms with E-state index in [1.165, 1.54) is 18.4 Å². The van der Waals surface area contributed by atoms with Gasteiger partial charge < -0.3 is 9.47 Å². The summed E-state index contributed by atoms with van der Waals surface area (Å²) in [4.78, 5) is 31.4. The van der Waals surface area contributed by atoms with Crippen molar-refractivity contribution in [2.24, 2.45) is 0 Å². The maximum Gasteiger partial charge on any atom is 0.412 e.